The third-order valence-electron chi connectivity index (χ3n) is 5.28. The van der Waals surface area contributed by atoms with Crippen LogP contribution in [-0.2, 0) is 0 Å². The van der Waals surface area contributed by atoms with Crippen LogP contribution in [0.15, 0.2) is 85.0 Å². The van der Waals surface area contributed by atoms with Gasteiger partial charge in [0.05, 0.1) is 6.10 Å². The largest absolute Gasteiger partial charge is 0.507 e. The van der Waals surface area contributed by atoms with Crippen LogP contribution in [0.25, 0.3) is 33.9 Å². The normalized spacial score (nSPS) is 18.8. The van der Waals surface area contributed by atoms with Gasteiger partial charge in [0.15, 0.2) is 0 Å². The summed E-state index contributed by atoms with van der Waals surface area (Å²) in [6.07, 6.45) is 9.04. The average Bonchev–Trinajstić information content (AvgIpc) is 3.07. The van der Waals surface area contributed by atoms with Crippen LogP contribution in [-0.4, -0.2) is 16.3 Å². The summed E-state index contributed by atoms with van der Waals surface area (Å²) in [6.45, 7) is 0. The van der Waals surface area contributed by atoms with E-state index in [9.17, 15) is 10.2 Å². The zero-order valence-corrected chi connectivity index (χ0v) is 14.6. The summed E-state index contributed by atoms with van der Waals surface area (Å²) in [5.41, 5.74) is 6.06. The quantitative estimate of drug-likeness (QED) is 0.552. The van der Waals surface area contributed by atoms with Crippen molar-refractivity contribution in [3.63, 3.8) is 0 Å². The summed E-state index contributed by atoms with van der Waals surface area (Å²) < 4.78 is 0. The van der Waals surface area contributed by atoms with Crippen molar-refractivity contribution in [3.8, 4) is 28.0 Å². The highest BCUT2D eigenvalue weighted by molar-refractivity contribution is 5.87. The fourth-order valence-corrected chi connectivity index (χ4v) is 4.03. The van der Waals surface area contributed by atoms with E-state index in [-0.39, 0.29) is 5.75 Å². The predicted molar refractivity (Wildman–Crippen MR) is 109 cm³/mol. The minimum atomic E-state index is -0.678. The van der Waals surface area contributed by atoms with Crippen molar-refractivity contribution in [1.29, 1.82) is 0 Å². The Labute approximate surface area is 157 Å². The van der Waals surface area contributed by atoms with E-state index in [1.165, 1.54) is 11.1 Å². The first kappa shape index (κ1) is 15.9. The van der Waals surface area contributed by atoms with Crippen molar-refractivity contribution < 1.29 is 10.2 Å². The van der Waals surface area contributed by atoms with Gasteiger partial charge in [0, 0.05) is 5.56 Å². The van der Waals surface area contributed by atoms with Gasteiger partial charge in [0.25, 0.3) is 0 Å². The molecule has 1 unspecified atom stereocenters. The third-order valence-corrected chi connectivity index (χ3v) is 5.28. The van der Waals surface area contributed by atoms with Gasteiger partial charge in [-0.2, -0.15) is 0 Å². The van der Waals surface area contributed by atoms with Crippen LogP contribution >= 0.6 is 0 Å². The van der Waals surface area contributed by atoms with E-state index >= 15 is 0 Å². The van der Waals surface area contributed by atoms with Gasteiger partial charge in [-0.25, -0.2) is 0 Å². The van der Waals surface area contributed by atoms with Crippen molar-refractivity contribution >= 4 is 11.6 Å². The lowest BCUT2D eigenvalue weighted by Gasteiger charge is -2.15. The molecule has 0 aromatic heterocycles. The van der Waals surface area contributed by atoms with Crippen LogP contribution in [0.2, 0.25) is 0 Å². The number of rotatable bonds is 1. The number of fused-ring (bicyclic) bond motifs is 3. The molecule has 0 aliphatic heterocycles. The standard InChI is InChI=1S/C25H18O2/c26-23-11-5-3-9-19(23)20-14-13-18-17-8-2-1-7-16(17)15-22(18)25(20)21-10-4-6-12-24(21)27/h1-15,24,26-27H. The number of hydrogen-bond acceptors (Lipinski definition) is 2. The predicted octanol–water partition coefficient (Wildman–Crippen LogP) is 3.51. The van der Waals surface area contributed by atoms with Gasteiger partial charge in [-0.1, -0.05) is 78.9 Å². The molecule has 2 N–H and O–H groups in total. The summed E-state index contributed by atoms with van der Waals surface area (Å²) in [7, 11) is 0. The molecule has 2 aliphatic carbocycles. The number of phenolic OH excluding ortho intramolecular Hbond substituents is 1. The van der Waals surface area contributed by atoms with E-state index in [0.717, 1.165) is 32.7 Å². The second kappa shape index (κ2) is 6.11. The van der Waals surface area contributed by atoms with Gasteiger partial charge >= 0.3 is 0 Å². The fourth-order valence-electron chi connectivity index (χ4n) is 4.03. The van der Waals surface area contributed by atoms with Crippen molar-refractivity contribution in [2.24, 2.45) is 0 Å². The number of para-hydroxylation sites is 1. The molecule has 27 heavy (non-hydrogen) atoms. The number of allylic oxidation sites excluding steroid dienone is 2. The van der Waals surface area contributed by atoms with E-state index in [0.29, 0.717) is 0 Å². The molecule has 0 fully saturated rings. The molecule has 3 aromatic rings. The Balaban J connectivity index is 1.95. The Kier molecular flexibility index (Phi) is 3.59. The molecule has 0 bridgehead atoms. The van der Waals surface area contributed by atoms with Gasteiger partial charge in [0.2, 0.25) is 0 Å². The van der Waals surface area contributed by atoms with Crippen molar-refractivity contribution in [2.45, 2.75) is 6.10 Å². The van der Waals surface area contributed by atoms with Gasteiger partial charge in [-0.3, -0.25) is 0 Å². The molecule has 0 radical (unpaired) electrons. The summed E-state index contributed by atoms with van der Waals surface area (Å²) in [5.74, 6) is 0.236. The molecule has 0 heterocycles. The Hall–Kier alpha value is -3.36. The first-order valence-corrected chi connectivity index (χ1v) is 9.04. The molecule has 0 saturated heterocycles. The van der Waals surface area contributed by atoms with Gasteiger partial charge in [-0.15, -0.1) is 0 Å². The van der Waals surface area contributed by atoms with Crippen LogP contribution in [0.1, 0.15) is 5.56 Å². The monoisotopic (exact) mass is 350 g/mol. The highest BCUT2D eigenvalue weighted by atomic mass is 16.3. The summed E-state index contributed by atoms with van der Waals surface area (Å²) >= 11 is 0. The Morgan fingerprint density at radius 1 is 0.704 bits per heavy atom. The molecule has 2 aliphatic rings. The third kappa shape index (κ3) is 2.46. The molecule has 3 aromatic carbocycles. The number of hydrogen-bond donors (Lipinski definition) is 2. The number of phenols is 1. The minimum absolute atomic E-state index is 0.236. The average molecular weight is 350 g/mol. The number of aliphatic hydroxyl groups is 1. The summed E-state index contributed by atoms with van der Waals surface area (Å²) in [6, 6.07) is 19.8. The molecule has 0 spiro atoms. The second-order valence-electron chi connectivity index (χ2n) is 6.84. The lowest BCUT2D eigenvalue weighted by molar-refractivity contribution is 0.279. The summed E-state index contributed by atoms with van der Waals surface area (Å²) in [5, 5.41) is 23.2. The Bertz CT molecular complexity index is 1250. The number of benzene rings is 3. The Morgan fingerprint density at radius 2 is 1.44 bits per heavy atom. The molecule has 130 valence electrons. The molecule has 2 nitrogen and oxygen atoms in total. The fraction of sp³-hybridized carbons (Fsp3) is 0.0400. The topological polar surface area (TPSA) is 40.5 Å². The van der Waals surface area contributed by atoms with E-state index in [2.05, 4.69) is 24.3 Å². The minimum Gasteiger partial charge on any atom is -0.507 e. The Morgan fingerprint density at radius 3 is 2.26 bits per heavy atom. The lowest BCUT2D eigenvalue weighted by Crippen LogP contribution is -2.33. The maximum atomic E-state index is 10.7. The van der Waals surface area contributed by atoms with E-state index in [1.807, 2.05) is 54.6 Å². The highest BCUT2D eigenvalue weighted by Crippen LogP contribution is 2.30. The van der Waals surface area contributed by atoms with Crippen LogP contribution in [0.4, 0.5) is 0 Å². The van der Waals surface area contributed by atoms with E-state index in [1.54, 1.807) is 12.1 Å². The van der Waals surface area contributed by atoms with Crippen molar-refractivity contribution in [1.82, 2.24) is 0 Å². The first-order valence-electron chi connectivity index (χ1n) is 9.04. The van der Waals surface area contributed by atoms with Gasteiger partial charge in [-0.05, 0) is 50.4 Å². The second-order valence-corrected chi connectivity index (χ2v) is 6.84. The molecule has 0 amide bonds. The first-order chi connectivity index (χ1) is 13.2. The number of aliphatic hydroxyl groups excluding tert-OH is 1. The molecule has 0 saturated carbocycles. The highest BCUT2D eigenvalue weighted by Gasteiger charge is 2.19. The SMILES string of the molecule is Oc1ccccc1-c1ccc2c(c1=C1C=CC=CC1O)=Cc1ccccc1-2. The molecule has 1 atom stereocenters. The lowest BCUT2D eigenvalue weighted by atomic mass is 9.92. The zero-order valence-electron chi connectivity index (χ0n) is 14.6. The van der Waals surface area contributed by atoms with Crippen LogP contribution in [0, 0.1) is 0 Å². The maximum absolute atomic E-state index is 10.7. The molecule has 2 heteroatoms. The van der Waals surface area contributed by atoms with Gasteiger partial charge in [0.1, 0.15) is 5.75 Å². The molecular formula is C25H18O2. The number of aromatic hydroxyl groups is 1. The zero-order chi connectivity index (χ0) is 18.4. The van der Waals surface area contributed by atoms with Gasteiger partial charge < -0.3 is 10.2 Å². The van der Waals surface area contributed by atoms with E-state index in [4.69, 9.17) is 0 Å². The van der Waals surface area contributed by atoms with E-state index < -0.39 is 6.10 Å². The molecular weight excluding hydrogens is 332 g/mol. The summed E-state index contributed by atoms with van der Waals surface area (Å²) in [4.78, 5) is 0. The molecule has 5 rings (SSSR count). The smallest absolute Gasteiger partial charge is 0.123 e. The van der Waals surface area contributed by atoms with Crippen LogP contribution < -0.4 is 10.4 Å². The van der Waals surface area contributed by atoms with Crippen molar-refractivity contribution in [2.75, 3.05) is 0 Å². The van der Waals surface area contributed by atoms with Crippen LogP contribution in [0.3, 0.4) is 0 Å². The maximum Gasteiger partial charge on any atom is 0.123 e. The van der Waals surface area contributed by atoms with Crippen molar-refractivity contribution in [3.05, 3.63) is 101 Å². The van der Waals surface area contributed by atoms with Crippen LogP contribution in [0.5, 0.6) is 5.75 Å².